The van der Waals surface area contributed by atoms with Crippen LogP contribution in [0.25, 0.3) is 10.8 Å². The number of fused-ring (bicyclic) bond motifs is 1. The number of carbonyl (C=O) groups is 3. The van der Waals surface area contributed by atoms with Gasteiger partial charge in [0, 0.05) is 24.6 Å². The molecule has 1 aliphatic rings. The normalized spacial score (nSPS) is 12.9. The third-order valence-electron chi connectivity index (χ3n) is 5.50. The van der Waals surface area contributed by atoms with Crippen molar-refractivity contribution in [1.29, 1.82) is 0 Å². The molecule has 0 heterocycles. The number of benzene rings is 3. The Morgan fingerprint density at radius 2 is 1.59 bits per heavy atom. The van der Waals surface area contributed by atoms with Crippen LogP contribution in [-0.4, -0.2) is 17.7 Å². The van der Waals surface area contributed by atoms with Crippen molar-refractivity contribution in [3.63, 3.8) is 0 Å². The van der Waals surface area contributed by atoms with Crippen molar-refractivity contribution < 1.29 is 14.4 Å². The standard InChI is InChI=1S/C26H27N3O3/c1-2-5-24(30)28-21-12-8-17(9-13-21)16-27-26(32)22-14-19-6-3-4-7-20(19)15-23(22)29-25(31)18-10-11-18/h3-4,6-9,12-15,18H,2,5,10-11,16H2,1H3,(H,27,32)(H,28,30)(H,29,31). The number of nitrogens with one attached hydrogen (secondary N) is 3. The molecule has 3 N–H and O–H groups in total. The third-order valence-corrected chi connectivity index (χ3v) is 5.50. The summed E-state index contributed by atoms with van der Waals surface area (Å²) in [4.78, 5) is 37.1. The highest BCUT2D eigenvalue weighted by Gasteiger charge is 2.30. The molecule has 3 aromatic carbocycles. The van der Waals surface area contributed by atoms with Gasteiger partial charge >= 0.3 is 0 Å². The summed E-state index contributed by atoms with van der Waals surface area (Å²) in [6, 6.07) is 18.8. The van der Waals surface area contributed by atoms with E-state index in [1.165, 1.54) is 0 Å². The lowest BCUT2D eigenvalue weighted by molar-refractivity contribution is -0.117. The zero-order chi connectivity index (χ0) is 22.5. The van der Waals surface area contributed by atoms with Crippen LogP contribution in [0, 0.1) is 5.92 Å². The zero-order valence-electron chi connectivity index (χ0n) is 18.1. The van der Waals surface area contributed by atoms with Crippen molar-refractivity contribution in [3.05, 3.63) is 71.8 Å². The molecular formula is C26H27N3O3. The van der Waals surface area contributed by atoms with Crippen LogP contribution in [0.4, 0.5) is 11.4 Å². The van der Waals surface area contributed by atoms with Crippen molar-refractivity contribution >= 4 is 39.9 Å². The fourth-order valence-electron chi connectivity index (χ4n) is 3.55. The highest BCUT2D eigenvalue weighted by molar-refractivity contribution is 6.08. The smallest absolute Gasteiger partial charge is 0.253 e. The van der Waals surface area contributed by atoms with E-state index in [-0.39, 0.29) is 23.6 Å². The average molecular weight is 430 g/mol. The molecular weight excluding hydrogens is 402 g/mol. The van der Waals surface area contributed by atoms with E-state index in [2.05, 4.69) is 16.0 Å². The number of rotatable bonds is 8. The molecule has 0 spiro atoms. The Bertz CT molecular complexity index is 1150. The molecule has 3 amide bonds. The second-order valence-electron chi connectivity index (χ2n) is 8.19. The number of hydrogen-bond acceptors (Lipinski definition) is 3. The SMILES string of the molecule is CCCC(=O)Nc1ccc(CNC(=O)c2cc3ccccc3cc2NC(=O)C2CC2)cc1. The number of anilines is 2. The molecule has 0 atom stereocenters. The maximum atomic E-state index is 13.0. The van der Waals surface area contributed by atoms with E-state index in [0.717, 1.165) is 41.3 Å². The Hall–Kier alpha value is -3.67. The zero-order valence-corrected chi connectivity index (χ0v) is 18.1. The van der Waals surface area contributed by atoms with Gasteiger partial charge in [-0.25, -0.2) is 0 Å². The molecule has 3 aromatic rings. The van der Waals surface area contributed by atoms with E-state index in [9.17, 15) is 14.4 Å². The highest BCUT2D eigenvalue weighted by Crippen LogP contribution is 2.32. The molecule has 32 heavy (non-hydrogen) atoms. The van der Waals surface area contributed by atoms with Crippen molar-refractivity contribution in [1.82, 2.24) is 5.32 Å². The lowest BCUT2D eigenvalue weighted by Crippen LogP contribution is -2.25. The first-order valence-corrected chi connectivity index (χ1v) is 11.0. The largest absolute Gasteiger partial charge is 0.348 e. The first-order valence-electron chi connectivity index (χ1n) is 11.0. The van der Waals surface area contributed by atoms with Gasteiger partial charge in [0.25, 0.3) is 5.91 Å². The third kappa shape index (κ3) is 5.32. The molecule has 0 aliphatic heterocycles. The summed E-state index contributed by atoms with van der Waals surface area (Å²) in [6.45, 7) is 2.30. The first-order chi connectivity index (χ1) is 15.5. The minimum Gasteiger partial charge on any atom is -0.348 e. The molecule has 0 unspecified atom stereocenters. The fraction of sp³-hybridized carbons (Fsp3) is 0.269. The summed E-state index contributed by atoms with van der Waals surface area (Å²) in [7, 11) is 0. The fourth-order valence-corrected chi connectivity index (χ4v) is 3.55. The van der Waals surface area contributed by atoms with Crippen LogP contribution in [0.1, 0.15) is 48.5 Å². The Kier molecular flexibility index (Phi) is 6.50. The van der Waals surface area contributed by atoms with Gasteiger partial charge in [-0.1, -0.05) is 43.3 Å². The van der Waals surface area contributed by atoms with Crippen LogP contribution in [0.5, 0.6) is 0 Å². The van der Waals surface area contributed by atoms with E-state index in [1.54, 1.807) is 0 Å². The van der Waals surface area contributed by atoms with Gasteiger partial charge in [0.1, 0.15) is 0 Å². The monoisotopic (exact) mass is 429 g/mol. The Balaban J connectivity index is 1.46. The number of carbonyl (C=O) groups excluding carboxylic acids is 3. The van der Waals surface area contributed by atoms with Crippen LogP contribution in [0.2, 0.25) is 0 Å². The van der Waals surface area contributed by atoms with E-state index in [0.29, 0.717) is 24.2 Å². The summed E-state index contributed by atoms with van der Waals surface area (Å²) in [5.74, 6) is -0.239. The summed E-state index contributed by atoms with van der Waals surface area (Å²) in [5, 5.41) is 10.6. The quantitative estimate of drug-likeness (QED) is 0.478. The lowest BCUT2D eigenvalue weighted by atomic mass is 10.0. The van der Waals surface area contributed by atoms with Crippen LogP contribution < -0.4 is 16.0 Å². The van der Waals surface area contributed by atoms with Crippen LogP contribution in [-0.2, 0) is 16.1 Å². The molecule has 1 aliphatic carbocycles. The topological polar surface area (TPSA) is 87.3 Å². The van der Waals surface area contributed by atoms with Crippen molar-refractivity contribution in [2.45, 2.75) is 39.2 Å². The summed E-state index contributed by atoms with van der Waals surface area (Å²) < 4.78 is 0. The summed E-state index contributed by atoms with van der Waals surface area (Å²) >= 11 is 0. The summed E-state index contributed by atoms with van der Waals surface area (Å²) in [6.07, 6.45) is 3.09. The maximum absolute atomic E-state index is 13.0. The van der Waals surface area contributed by atoms with E-state index in [4.69, 9.17) is 0 Å². The number of amides is 3. The molecule has 1 fully saturated rings. The Morgan fingerprint density at radius 3 is 2.25 bits per heavy atom. The second kappa shape index (κ2) is 9.64. The molecule has 0 radical (unpaired) electrons. The van der Waals surface area contributed by atoms with Crippen LogP contribution in [0.15, 0.2) is 60.7 Å². The van der Waals surface area contributed by atoms with Crippen molar-refractivity contribution in [2.75, 3.05) is 10.6 Å². The molecule has 0 aromatic heterocycles. The van der Waals surface area contributed by atoms with Crippen molar-refractivity contribution in [2.24, 2.45) is 5.92 Å². The van der Waals surface area contributed by atoms with Gasteiger partial charge < -0.3 is 16.0 Å². The minimum absolute atomic E-state index is 0.00867. The predicted molar refractivity (Wildman–Crippen MR) is 126 cm³/mol. The second-order valence-corrected chi connectivity index (χ2v) is 8.19. The van der Waals surface area contributed by atoms with E-state index < -0.39 is 0 Å². The average Bonchev–Trinajstić information content (AvgIpc) is 3.64. The summed E-state index contributed by atoms with van der Waals surface area (Å²) in [5.41, 5.74) is 2.63. The Labute approximate surface area is 187 Å². The van der Waals surface area contributed by atoms with Gasteiger partial charge in [-0.15, -0.1) is 0 Å². The van der Waals surface area contributed by atoms with Crippen LogP contribution >= 0.6 is 0 Å². The van der Waals surface area contributed by atoms with Crippen molar-refractivity contribution in [3.8, 4) is 0 Å². The molecule has 6 heteroatoms. The number of hydrogen-bond donors (Lipinski definition) is 3. The molecule has 164 valence electrons. The molecule has 4 rings (SSSR count). The molecule has 0 saturated heterocycles. The van der Waals surface area contributed by atoms with Gasteiger partial charge in [0.15, 0.2) is 0 Å². The van der Waals surface area contributed by atoms with E-state index >= 15 is 0 Å². The van der Waals surface area contributed by atoms with Gasteiger partial charge in [-0.2, -0.15) is 0 Å². The van der Waals surface area contributed by atoms with Gasteiger partial charge in [0.05, 0.1) is 11.3 Å². The Morgan fingerprint density at radius 1 is 0.906 bits per heavy atom. The highest BCUT2D eigenvalue weighted by atomic mass is 16.2. The van der Waals surface area contributed by atoms with Gasteiger partial charge in [-0.3, -0.25) is 14.4 Å². The van der Waals surface area contributed by atoms with E-state index in [1.807, 2.05) is 67.6 Å². The molecule has 0 bridgehead atoms. The van der Waals surface area contributed by atoms with Gasteiger partial charge in [0.2, 0.25) is 11.8 Å². The first kappa shape index (κ1) is 21.6. The lowest BCUT2D eigenvalue weighted by Gasteiger charge is -2.13. The predicted octanol–water partition coefficient (Wildman–Crippen LogP) is 4.86. The van der Waals surface area contributed by atoms with Crippen LogP contribution in [0.3, 0.4) is 0 Å². The van der Waals surface area contributed by atoms with Gasteiger partial charge in [-0.05, 0) is 59.9 Å². The minimum atomic E-state index is -0.248. The molecule has 6 nitrogen and oxygen atoms in total. The molecule has 1 saturated carbocycles. The maximum Gasteiger partial charge on any atom is 0.253 e.